The van der Waals surface area contributed by atoms with Gasteiger partial charge in [0.15, 0.2) is 9.84 Å². The topological polar surface area (TPSA) is 76.1 Å². The Morgan fingerprint density at radius 2 is 1.76 bits per heavy atom. The molecule has 0 aliphatic heterocycles. The average Bonchev–Trinajstić information content (AvgIpc) is 2.75. The van der Waals surface area contributed by atoms with E-state index in [9.17, 15) is 13.2 Å². The summed E-state index contributed by atoms with van der Waals surface area (Å²) in [5, 5.41) is 2.04. The van der Waals surface area contributed by atoms with Crippen LogP contribution in [0.25, 0.3) is 0 Å². The van der Waals surface area contributed by atoms with Gasteiger partial charge < -0.3 is 5.32 Å². The Hall–Kier alpha value is -2.21. The fourth-order valence-electron chi connectivity index (χ4n) is 3.88. The molecule has 6 heteroatoms. The smallest absolute Gasteiger partial charge is 0.223 e. The number of sulfone groups is 1. The van der Waals surface area contributed by atoms with E-state index in [1.54, 1.807) is 36.7 Å². The number of carbonyl (C=O) groups is 1. The minimum absolute atomic E-state index is 0.00803. The van der Waals surface area contributed by atoms with Crippen LogP contribution in [0.2, 0.25) is 0 Å². The van der Waals surface area contributed by atoms with Gasteiger partial charge in [-0.05, 0) is 48.1 Å². The van der Waals surface area contributed by atoms with Crippen LogP contribution < -0.4 is 5.32 Å². The highest BCUT2D eigenvalue weighted by atomic mass is 32.2. The van der Waals surface area contributed by atoms with Crippen molar-refractivity contribution in [3.05, 3.63) is 59.9 Å². The minimum Gasteiger partial charge on any atom is -0.354 e. The molecule has 1 N–H and O–H groups in total. The summed E-state index contributed by atoms with van der Waals surface area (Å²) in [5.74, 6) is 0.283. The molecule has 1 aromatic carbocycles. The van der Waals surface area contributed by atoms with Gasteiger partial charge >= 0.3 is 0 Å². The van der Waals surface area contributed by atoms with Gasteiger partial charge in [0.2, 0.25) is 5.91 Å². The van der Waals surface area contributed by atoms with Crippen molar-refractivity contribution in [1.29, 1.82) is 0 Å². The number of nitrogens with one attached hydrogen (secondary N) is 1. The average molecular weight is 415 g/mol. The van der Waals surface area contributed by atoms with Crippen LogP contribution in [0.15, 0.2) is 53.7 Å². The number of rotatable bonds is 7. The normalized spacial score (nSPS) is 16.5. The molecule has 0 spiro atoms. The molecular weight excluding hydrogens is 384 g/mol. The predicted molar refractivity (Wildman–Crippen MR) is 114 cm³/mol. The number of hydrogen-bond acceptors (Lipinski definition) is 4. The molecule has 0 saturated heterocycles. The summed E-state index contributed by atoms with van der Waals surface area (Å²) in [6, 6.07) is 10.5. The number of carbonyl (C=O) groups excluding carboxylic acids is 1. The van der Waals surface area contributed by atoms with Crippen LogP contribution in [0.5, 0.6) is 0 Å². The van der Waals surface area contributed by atoms with Gasteiger partial charge in [-0.3, -0.25) is 9.78 Å². The third kappa shape index (κ3) is 5.24. The van der Waals surface area contributed by atoms with Crippen LogP contribution >= 0.6 is 0 Å². The zero-order valence-electron chi connectivity index (χ0n) is 17.2. The first-order chi connectivity index (χ1) is 13.9. The molecule has 0 bridgehead atoms. The lowest BCUT2D eigenvalue weighted by Crippen LogP contribution is -2.36. The number of aromatic nitrogens is 1. The minimum atomic E-state index is -3.68. The van der Waals surface area contributed by atoms with Crippen LogP contribution in [0.1, 0.15) is 68.2 Å². The molecule has 1 saturated carbocycles. The van der Waals surface area contributed by atoms with Gasteiger partial charge in [0.1, 0.15) is 5.25 Å². The zero-order valence-corrected chi connectivity index (χ0v) is 18.0. The first-order valence-electron chi connectivity index (χ1n) is 10.4. The van der Waals surface area contributed by atoms with E-state index >= 15 is 0 Å². The van der Waals surface area contributed by atoms with Gasteiger partial charge in [0.25, 0.3) is 0 Å². The highest BCUT2D eigenvalue weighted by Gasteiger charge is 2.31. The Kier molecular flexibility index (Phi) is 7.06. The van der Waals surface area contributed by atoms with E-state index in [0.29, 0.717) is 11.5 Å². The SMILES string of the molecule is CC(C)c1ccc(S(=O)(=O)C(CNC(=O)C2CCCCC2)c2cccnc2)cc1. The van der Waals surface area contributed by atoms with Crippen molar-refractivity contribution in [2.45, 2.75) is 62.0 Å². The van der Waals surface area contributed by atoms with Crippen LogP contribution in [0, 0.1) is 5.92 Å². The molecule has 156 valence electrons. The Morgan fingerprint density at radius 3 is 2.34 bits per heavy atom. The van der Waals surface area contributed by atoms with Crippen molar-refractivity contribution in [2.75, 3.05) is 6.54 Å². The van der Waals surface area contributed by atoms with E-state index in [1.165, 1.54) is 6.42 Å². The Bertz CT molecular complexity index is 903. The molecule has 1 heterocycles. The largest absolute Gasteiger partial charge is 0.354 e. The van der Waals surface area contributed by atoms with Gasteiger partial charge in [-0.2, -0.15) is 0 Å². The quantitative estimate of drug-likeness (QED) is 0.728. The maximum Gasteiger partial charge on any atom is 0.223 e. The van der Waals surface area contributed by atoms with E-state index in [-0.39, 0.29) is 23.3 Å². The van der Waals surface area contributed by atoms with Crippen molar-refractivity contribution in [3.63, 3.8) is 0 Å². The lowest BCUT2D eigenvalue weighted by atomic mass is 9.88. The van der Waals surface area contributed by atoms with Gasteiger partial charge in [-0.25, -0.2) is 8.42 Å². The van der Waals surface area contributed by atoms with Crippen molar-refractivity contribution in [3.8, 4) is 0 Å². The van der Waals surface area contributed by atoms with Crippen LogP contribution in [-0.2, 0) is 14.6 Å². The van der Waals surface area contributed by atoms with Crippen LogP contribution in [-0.4, -0.2) is 25.9 Å². The fraction of sp³-hybridized carbons (Fsp3) is 0.478. The van der Waals surface area contributed by atoms with Crippen LogP contribution in [0.4, 0.5) is 0 Å². The summed E-state index contributed by atoms with van der Waals surface area (Å²) >= 11 is 0. The monoisotopic (exact) mass is 414 g/mol. The summed E-state index contributed by atoms with van der Waals surface area (Å²) in [7, 11) is -3.68. The molecule has 0 radical (unpaired) electrons. The highest BCUT2D eigenvalue weighted by molar-refractivity contribution is 7.91. The molecule has 29 heavy (non-hydrogen) atoms. The number of amides is 1. The number of nitrogens with zero attached hydrogens (tertiary/aromatic N) is 1. The van der Waals surface area contributed by atoms with E-state index in [2.05, 4.69) is 24.1 Å². The lowest BCUT2D eigenvalue weighted by Gasteiger charge is -2.23. The second-order valence-electron chi connectivity index (χ2n) is 8.12. The van der Waals surface area contributed by atoms with E-state index < -0.39 is 15.1 Å². The first kappa shape index (κ1) is 21.5. The maximum absolute atomic E-state index is 13.4. The Morgan fingerprint density at radius 1 is 1.07 bits per heavy atom. The molecule has 1 aromatic heterocycles. The summed E-state index contributed by atoms with van der Waals surface area (Å²) in [5.41, 5.74) is 1.68. The molecule has 1 unspecified atom stereocenters. The number of pyridine rings is 1. The molecule has 3 rings (SSSR count). The fourth-order valence-corrected chi connectivity index (χ4v) is 5.53. The lowest BCUT2D eigenvalue weighted by molar-refractivity contribution is -0.125. The third-order valence-corrected chi connectivity index (χ3v) is 7.86. The molecule has 5 nitrogen and oxygen atoms in total. The standard InChI is InChI=1S/C23H30N2O3S/c1-17(2)18-10-12-21(13-11-18)29(27,28)22(20-9-6-14-24-15-20)16-25-23(26)19-7-4-3-5-8-19/h6,9-15,17,19,22H,3-5,7-8,16H2,1-2H3,(H,25,26). The van der Waals surface area contributed by atoms with E-state index in [4.69, 9.17) is 0 Å². The van der Waals surface area contributed by atoms with Gasteiger partial charge in [-0.15, -0.1) is 0 Å². The third-order valence-electron chi connectivity index (χ3n) is 5.74. The highest BCUT2D eigenvalue weighted by Crippen LogP contribution is 2.30. The van der Waals surface area contributed by atoms with Gasteiger partial charge in [0, 0.05) is 24.9 Å². The van der Waals surface area contributed by atoms with E-state index in [0.717, 1.165) is 31.2 Å². The molecule has 1 aliphatic rings. The van der Waals surface area contributed by atoms with E-state index in [1.807, 2.05) is 12.1 Å². The molecule has 1 aliphatic carbocycles. The second-order valence-corrected chi connectivity index (χ2v) is 10.3. The van der Waals surface area contributed by atoms with Gasteiger partial charge in [0.05, 0.1) is 4.90 Å². The number of benzene rings is 1. The summed E-state index contributed by atoms with van der Waals surface area (Å²) < 4.78 is 26.8. The molecule has 1 atom stereocenters. The Balaban J connectivity index is 1.83. The summed E-state index contributed by atoms with van der Waals surface area (Å²) in [6.07, 6.45) is 8.24. The maximum atomic E-state index is 13.4. The van der Waals surface area contributed by atoms with Crippen molar-refractivity contribution in [2.24, 2.45) is 5.92 Å². The first-order valence-corrected chi connectivity index (χ1v) is 12.0. The second kappa shape index (κ2) is 9.53. The van der Waals surface area contributed by atoms with Crippen molar-refractivity contribution < 1.29 is 13.2 Å². The molecular formula is C23H30N2O3S. The van der Waals surface area contributed by atoms with Gasteiger partial charge in [-0.1, -0.05) is 51.3 Å². The predicted octanol–water partition coefficient (Wildman–Crippen LogP) is 4.42. The van der Waals surface area contributed by atoms with Crippen molar-refractivity contribution >= 4 is 15.7 Å². The van der Waals surface area contributed by atoms with Crippen LogP contribution in [0.3, 0.4) is 0 Å². The molecule has 2 aromatic rings. The number of hydrogen-bond donors (Lipinski definition) is 1. The summed E-state index contributed by atoms with van der Waals surface area (Å²) in [6.45, 7) is 4.20. The summed E-state index contributed by atoms with van der Waals surface area (Å²) in [4.78, 5) is 17.0. The molecule has 1 amide bonds. The molecule has 1 fully saturated rings. The Labute approximate surface area is 173 Å². The zero-order chi connectivity index (χ0) is 20.9. The van der Waals surface area contributed by atoms with Crippen molar-refractivity contribution in [1.82, 2.24) is 10.3 Å².